The van der Waals surface area contributed by atoms with Crippen LogP contribution in [-0.2, 0) is 6.61 Å². The van der Waals surface area contributed by atoms with Gasteiger partial charge in [-0.05, 0) is 48.4 Å². The van der Waals surface area contributed by atoms with E-state index in [9.17, 15) is 4.79 Å². The number of hydrazone groups is 1. The highest BCUT2D eigenvalue weighted by molar-refractivity contribution is 5.99. The maximum atomic E-state index is 12.1. The summed E-state index contributed by atoms with van der Waals surface area (Å²) in [4.78, 5) is 12.1. The van der Waals surface area contributed by atoms with Crippen molar-refractivity contribution in [3.8, 4) is 11.5 Å². The zero-order valence-corrected chi connectivity index (χ0v) is 16.4. The van der Waals surface area contributed by atoms with Crippen molar-refractivity contribution in [3.05, 3.63) is 89.0 Å². The van der Waals surface area contributed by atoms with Gasteiger partial charge in [0.05, 0.1) is 18.9 Å². The molecular formula is C23H23N3O3. The third-order valence-corrected chi connectivity index (χ3v) is 4.25. The Bertz CT molecular complexity index is 1030. The standard InChI is InChI=1S/C23H23N3O3/c1-16-6-5-7-18(12-16)15-29-21-11-10-17(13-22(21)28-2)14-25-26-23(27)19-8-3-4-9-20(19)24/h3-14H,15,24H2,1-2H3,(H,26,27)/b25-14+. The summed E-state index contributed by atoms with van der Waals surface area (Å²) in [5.74, 6) is 0.844. The van der Waals surface area contributed by atoms with Crippen molar-refractivity contribution in [2.75, 3.05) is 12.8 Å². The van der Waals surface area contributed by atoms with Gasteiger partial charge in [0, 0.05) is 5.69 Å². The SMILES string of the molecule is COc1cc(/C=N/NC(=O)c2ccccc2N)ccc1OCc1cccc(C)c1. The first-order valence-electron chi connectivity index (χ1n) is 9.11. The summed E-state index contributed by atoms with van der Waals surface area (Å²) >= 11 is 0. The van der Waals surface area contributed by atoms with Crippen LogP contribution in [0.3, 0.4) is 0 Å². The third-order valence-electron chi connectivity index (χ3n) is 4.25. The van der Waals surface area contributed by atoms with Gasteiger partial charge in [0.15, 0.2) is 11.5 Å². The van der Waals surface area contributed by atoms with E-state index in [4.69, 9.17) is 15.2 Å². The van der Waals surface area contributed by atoms with Crippen molar-refractivity contribution in [1.29, 1.82) is 0 Å². The van der Waals surface area contributed by atoms with Crippen LogP contribution in [0.2, 0.25) is 0 Å². The zero-order valence-electron chi connectivity index (χ0n) is 16.4. The molecule has 0 unspecified atom stereocenters. The summed E-state index contributed by atoms with van der Waals surface area (Å²) in [6, 6.07) is 20.4. The molecule has 0 bridgehead atoms. The fraction of sp³-hybridized carbons (Fsp3) is 0.130. The van der Waals surface area contributed by atoms with Crippen molar-refractivity contribution < 1.29 is 14.3 Å². The molecular weight excluding hydrogens is 366 g/mol. The quantitative estimate of drug-likeness (QED) is 0.364. The van der Waals surface area contributed by atoms with Crippen molar-refractivity contribution >= 4 is 17.8 Å². The van der Waals surface area contributed by atoms with Crippen LogP contribution in [0.4, 0.5) is 5.69 Å². The van der Waals surface area contributed by atoms with Crippen molar-refractivity contribution in [2.24, 2.45) is 5.10 Å². The normalized spacial score (nSPS) is 10.7. The van der Waals surface area contributed by atoms with Gasteiger partial charge in [0.2, 0.25) is 0 Å². The zero-order chi connectivity index (χ0) is 20.6. The van der Waals surface area contributed by atoms with Gasteiger partial charge in [0.1, 0.15) is 6.61 Å². The minimum Gasteiger partial charge on any atom is -0.493 e. The molecule has 3 aromatic rings. The molecule has 0 spiro atoms. The van der Waals surface area contributed by atoms with E-state index in [1.54, 1.807) is 37.4 Å². The monoisotopic (exact) mass is 389 g/mol. The lowest BCUT2D eigenvalue weighted by molar-refractivity contribution is 0.0956. The van der Waals surface area contributed by atoms with Crippen LogP contribution < -0.4 is 20.6 Å². The number of para-hydroxylation sites is 1. The van der Waals surface area contributed by atoms with Crippen LogP contribution in [0, 0.1) is 6.92 Å². The number of nitrogens with one attached hydrogen (secondary N) is 1. The van der Waals surface area contributed by atoms with E-state index in [0.29, 0.717) is 29.4 Å². The average molecular weight is 389 g/mol. The highest BCUT2D eigenvalue weighted by atomic mass is 16.5. The molecule has 0 aliphatic rings. The number of nitrogen functional groups attached to an aromatic ring is 1. The van der Waals surface area contributed by atoms with E-state index in [-0.39, 0.29) is 5.91 Å². The highest BCUT2D eigenvalue weighted by Crippen LogP contribution is 2.28. The minimum absolute atomic E-state index is 0.371. The van der Waals surface area contributed by atoms with E-state index < -0.39 is 0 Å². The lowest BCUT2D eigenvalue weighted by atomic mass is 10.1. The number of rotatable bonds is 7. The number of carbonyl (C=O) groups is 1. The van der Waals surface area contributed by atoms with Crippen molar-refractivity contribution in [1.82, 2.24) is 5.43 Å². The number of benzene rings is 3. The highest BCUT2D eigenvalue weighted by Gasteiger charge is 2.08. The fourth-order valence-corrected chi connectivity index (χ4v) is 2.78. The minimum atomic E-state index is -0.371. The number of hydrogen-bond donors (Lipinski definition) is 2. The van der Waals surface area contributed by atoms with E-state index in [1.165, 1.54) is 11.8 Å². The number of anilines is 1. The largest absolute Gasteiger partial charge is 0.493 e. The lowest BCUT2D eigenvalue weighted by Gasteiger charge is -2.11. The predicted octanol–water partition coefficient (Wildman–Crippen LogP) is 3.93. The summed E-state index contributed by atoms with van der Waals surface area (Å²) in [5.41, 5.74) is 12.1. The summed E-state index contributed by atoms with van der Waals surface area (Å²) < 4.78 is 11.3. The molecule has 6 heteroatoms. The molecule has 3 rings (SSSR count). The predicted molar refractivity (Wildman–Crippen MR) is 114 cm³/mol. The van der Waals surface area contributed by atoms with Gasteiger partial charge in [-0.3, -0.25) is 4.79 Å². The van der Waals surface area contributed by atoms with Gasteiger partial charge in [-0.2, -0.15) is 5.10 Å². The Hall–Kier alpha value is -3.80. The molecule has 0 saturated heterocycles. The maximum Gasteiger partial charge on any atom is 0.273 e. The van der Waals surface area contributed by atoms with Crippen LogP contribution in [0.15, 0.2) is 71.8 Å². The summed E-state index contributed by atoms with van der Waals surface area (Å²) in [7, 11) is 1.58. The average Bonchev–Trinajstić information content (AvgIpc) is 2.73. The van der Waals surface area contributed by atoms with Crippen LogP contribution in [-0.4, -0.2) is 19.2 Å². The van der Waals surface area contributed by atoms with Crippen LogP contribution in [0.1, 0.15) is 27.0 Å². The summed E-state index contributed by atoms with van der Waals surface area (Å²) in [5, 5.41) is 3.99. The second-order valence-corrected chi connectivity index (χ2v) is 6.47. The Kier molecular flexibility index (Phi) is 6.47. The number of nitrogens with zero attached hydrogens (tertiary/aromatic N) is 1. The Morgan fingerprint density at radius 3 is 2.66 bits per heavy atom. The number of carbonyl (C=O) groups excluding carboxylic acids is 1. The van der Waals surface area contributed by atoms with E-state index >= 15 is 0 Å². The number of hydrogen-bond acceptors (Lipinski definition) is 5. The molecule has 3 aromatic carbocycles. The molecule has 0 aliphatic carbocycles. The maximum absolute atomic E-state index is 12.1. The van der Waals surface area contributed by atoms with E-state index in [0.717, 1.165) is 11.1 Å². The van der Waals surface area contributed by atoms with Crippen molar-refractivity contribution in [2.45, 2.75) is 13.5 Å². The topological polar surface area (TPSA) is 85.9 Å². The molecule has 0 atom stereocenters. The first-order valence-corrected chi connectivity index (χ1v) is 9.11. The lowest BCUT2D eigenvalue weighted by Crippen LogP contribution is -2.19. The molecule has 148 valence electrons. The third kappa shape index (κ3) is 5.35. The van der Waals surface area contributed by atoms with E-state index in [1.807, 2.05) is 37.3 Å². The Morgan fingerprint density at radius 2 is 1.90 bits per heavy atom. The first-order chi connectivity index (χ1) is 14.1. The number of methoxy groups -OCH3 is 1. The molecule has 3 N–H and O–H groups in total. The van der Waals surface area contributed by atoms with Crippen LogP contribution in [0.25, 0.3) is 0 Å². The molecule has 29 heavy (non-hydrogen) atoms. The second-order valence-electron chi connectivity index (χ2n) is 6.47. The first kappa shape index (κ1) is 19.9. The molecule has 0 radical (unpaired) electrons. The number of amides is 1. The van der Waals surface area contributed by atoms with Gasteiger partial charge >= 0.3 is 0 Å². The van der Waals surface area contributed by atoms with Gasteiger partial charge < -0.3 is 15.2 Å². The van der Waals surface area contributed by atoms with Gasteiger partial charge in [-0.1, -0.05) is 42.0 Å². The summed E-state index contributed by atoms with van der Waals surface area (Å²) in [6.45, 7) is 2.49. The van der Waals surface area contributed by atoms with Crippen LogP contribution >= 0.6 is 0 Å². The number of nitrogens with two attached hydrogens (primary N) is 1. The molecule has 0 aliphatic heterocycles. The second kappa shape index (κ2) is 9.41. The molecule has 0 aromatic heterocycles. The van der Waals surface area contributed by atoms with Crippen molar-refractivity contribution in [3.63, 3.8) is 0 Å². The molecule has 0 saturated carbocycles. The number of ether oxygens (including phenoxy) is 2. The molecule has 0 heterocycles. The van der Waals surface area contributed by atoms with Gasteiger partial charge in [-0.15, -0.1) is 0 Å². The number of aryl methyl sites for hydroxylation is 1. The smallest absolute Gasteiger partial charge is 0.273 e. The Morgan fingerprint density at radius 1 is 1.07 bits per heavy atom. The Balaban J connectivity index is 1.64. The van der Waals surface area contributed by atoms with Gasteiger partial charge in [-0.25, -0.2) is 5.43 Å². The Labute approximate surface area is 170 Å². The molecule has 0 fully saturated rings. The summed E-state index contributed by atoms with van der Waals surface area (Å²) in [6.07, 6.45) is 1.53. The van der Waals surface area contributed by atoms with Gasteiger partial charge in [0.25, 0.3) is 5.91 Å². The van der Waals surface area contributed by atoms with Crippen LogP contribution in [0.5, 0.6) is 11.5 Å². The van der Waals surface area contributed by atoms with E-state index in [2.05, 4.69) is 16.6 Å². The fourth-order valence-electron chi connectivity index (χ4n) is 2.78. The molecule has 1 amide bonds. The molecule has 6 nitrogen and oxygen atoms in total.